The molecule has 21 heavy (non-hydrogen) atoms. The van der Waals surface area contributed by atoms with Gasteiger partial charge in [0.05, 0.1) is 6.54 Å². The van der Waals surface area contributed by atoms with Gasteiger partial charge < -0.3 is 14.0 Å². The lowest BCUT2D eigenvalue weighted by atomic mass is 10.2. The number of hydrogen-bond donors (Lipinski definition) is 0. The van der Waals surface area contributed by atoms with Crippen LogP contribution in [0.1, 0.15) is 31.1 Å². The molecule has 0 amide bonds. The zero-order valence-corrected chi connectivity index (χ0v) is 12.3. The van der Waals surface area contributed by atoms with Crippen molar-refractivity contribution in [3.05, 3.63) is 35.5 Å². The second-order valence-electron chi connectivity index (χ2n) is 4.95. The van der Waals surface area contributed by atoms with Crippen LogP contribution < -0.4 is 9.47 Å². The quantitative estimate of drug-likeness (QED) is 0.813. The van der Waals surface area contributed by atoms with Gasteiger partial charge in [0.2, 0.25) is 12.7 Å². The first-order valence-corrected chi connectivity index (χ1v) is 7.20. The summed E-state index contributed by atoms with van der Waals surface area (Å²) in [5.74, 6) is 3.04. The molecule has 0 spiro atoms. The molecule has 1 aliphatic heterocycles. The van der Waals surface area contributed by atoms with Crippen LogP contribution in [-0.4, -0.2) is 28.4 Å². The summed E-state index contributed by atoms with van der Waals surface area (Å²) in [5, 5.41) is 3.93. The summed E-state index contributed by atoms with van der Waals surface area (Å²) in [7, 11) is 0. The Labute approximate surface area is 123 Å². The van der Waals surface area contributed by atoms with E-state index in [0.717, 1.165) is 36.8 Å². The lowest BCUT2D eigenvalue weighted by Crippen LogP contribution is -2.22. The number of benzene rings is 1. The molecule has 0 unspecified atom stereocenters. The summed E-state index contributed by atoms with van der Waals surface area (Å²) in [5.41, 5.74) is 1.18. The van der Waals surface area contributed by atoms with E-state index in [4.69, 9.17) is 14.0 Å². The van der Waals surface area contributed by atoms with E-state index in [2.05, 4.69) is 28.0 Å². The summed E-state index contributed by atoms with van der Waals surface area (Å²) < 4.78 is 16.0. The fourth-order valence-electron chi connectivity index (χ4n) is 2.27. The van der Waals surface area contributed by atoms with Crippen molar-refractivity contribution in [2.75, 3.05) is 13.3 Å². The first-order chi connectivity index (χ1) is 10.3. The predicted molar refractivity (Wildman–Crippen MR) is 76.0 cm³/mol. The van der Waals surface area contributed by atoms with Crippen LogP contribution in [0, 0.1) is 0 Å². The Bertz CT molecular complexity index is 612. The summed E-state index contributed by atoms with van der Waals surface area (Å²) in [6.07, 6.45) is 0.789. The average Bonchev–Trinajstić information content (AvgIpc) is 3.14. The fraction of sp³-hybridized carbons (Fsp3) is 0.467. The van der Waals surface area contributed by atoms with E-state index in [0.29, 0.717) is 19.2 Å². The molecule has 0 N–H and O–H groups in total. The SMILES string of the molecule is CCc1noc(CN(CC)Cc2ccc3c(c2)OCO3)n1. The van der Waals surface area contributed by atoms with Gasteiger partial charge in [-0.3, -0.25) is 4.90 Å². The highest BCUT2D eigenvalue weighted by molar-refractivity contribution is 5.44. The van der Waals surface area contributed by atoms with Gasteiger partial charge in [0.1, 0.15) is 0 Å². The van der Waals surface area contributed by atoms with Crippen molar-refractivity contribution >= 4 is 0 Å². The van der Waals surface area contributed by atoms with Crippen molar-refractivity contribution in [2.24, 2.45) is 0 Å². The molecule has 6 nitrogen and oxygen atoms in total. The monoisotopic (exact) mass is 289 g/mol. The molecule has 3 rings (SSSR count). The Morgan fingerprint density at radius 1 is 1.14 bits per heavy atom. The largest absolute Gasteiger partial charge is 0.454 e. The maximum atomic E-state index is 5.41. The maximum Gasteiger partial charge on any atom is 0.240 e. The second-order valence-corrected chi connectivity index (χ2v) is 4.95. The standard InChI is InChI=1S/C15H19N3O3/c1-3-14-16-15(21-17-14)9-18(4-2)8-11-5-6-12-13(7-11)20-10-19-12/h5-7H,3-4,8-10H2,1-2H3. The van der Waals surface area contributed by atoms with Gasteiger partial charge in [-0.15, -0.1) is 0 Å². The molecule has 0 radical (unpaired) electrons. The predicted octanol–water partition coefficient (Wildman–Crippen LogP) is 2.38. The lowest BCUT2D eigenvalue weighted by Gasteiger charge is -2.18. The van der Waals surface area contributed by atoms with Gasteiger partial charge in [-0.25, -0.2) is 0 Å². The molecule has 0 bridgehead atoms. The van der Waals surface area contributed by atoms with Crippen LogP contribution in [0.15, 0.2) is 22.7 Å². The highest BCUT2D eigenvalue weighted by Gasteiger charge is 2.15. The van der Waals surface area contributed by atoms with Gasteiger partial charge in [0, 0.05) is 13.0 Å². The van der Waals surface area contributed by atoms with Crippen LogP contribution in [0.25, 0.3) is 0 Å². The van der Waals surface area contributed by atoms with Crippen LogP contribution in [0.2, 0.25) is 0 Å². The van der Waals surface area contributed by atoms with E-state index >= 15 is 0 Å². The van der Waals surface area contributed by atoms with Crippen molar-refractivity contribution in [3.8, 4) is 11.5 Å². The normalized spacial score (nSPS) is 13.1. The number of hydrogen-bond acceptors (Lipinski definition) is 6. The zero-order chi connectivity index (χ0) is 14.7. The number of rotatable bonds is 6. The van der Waals surface area contributed by atoms with Crippen molar-refractivity contribution in [3.63, 3.8) is 0 Å². The number of ether oxygens (including phenoxy) is 2. The molecule has 6 heteroatoms. The Kier molecular flexibility index (Phi) is 4.06. The minimum absolute atomic E-state index is 0.304. The van der Waals surface area contributed by atoms with Gasteiger partial charge >= 0.3 is 0 Å². The molecule has 1 aliphatic rings. The molecular formula is C15H19N3O3. The third kappa shape index (κ3) is 3.16. The van der Waals surface area contributed by atoms with Gasteiger partial charge in [-0.1, -0.05) is 25.1 Å². The van der Waals surface area contributed by atoms with Gasteiger partial charge in [0.25, 0.3) is 0 Å². The molecular weight excluding hydrogens is 270 g/mol. The van der Waals surface area contributed by atoms with Gasteiger partial charge in [-0.2, -0.15) is 4.98 Å². The highest BCUT2D eigenvalue weighted by atomic mass is 16.7. The minimum atomic E-state index is 0.304. The number of aryl methyl sites for hydroxylation is 1. The van der Waals surface area contributed by atoms with E-state index in [9.17, 15) is 0 Å². The van der Waals surface area contributed by atoms with Gasteiger partial charge in [0.15, 0.2) is 17.3 Å². The third-order valence-corrected chi connectivity index (χ3v) is 3.48. The Morgan fingerprint density at radius 3 is 2.76 bits per heavy atom. The first-order valence-electron chi connectivity index (χ1n) is 7.20. The van der Waals surface area contributed by atoms with Crippen LogP contribution in [-0.2, 0) is 19.5 Å². The second kappa shape index (κ2) is 6.13. The van der Waals surface area contributed by atoms with E-state index in [-0.39, 0.29) is 0 Å². The molecule has 0 saturated heterocycles. The molecule has 0 aliphatic carbocycles. The third-order valence-electron chi connectivity index (χ3n) is 3.48. The van der Waals surface area contributed by atoms with E-state index in [1.165, 1.54) is 5.56 Å². The molecule has 1 aromatic heterocycles. The van der Waals surface area contributed by atoms with Crippen LogP contribution in [0.3, 0.4) is 0 Å². The maximum absolute atomic E-state index is 5.41. The molecule has 1 aromatic carbocycles. The first kappa shape index (κ1) is 13.9. The average molecular weight is 289 g/mol. The number of aromatic nitrogens is 2. The molecule has 0 atom stereocenters. The summed E-state index contributed by atoms with van der Waals surface area (Å²) in [4.78, 5) is 6.59. The van der Waals surface area contributed by atoms with Gasteiger partial charge in [-0.05, 0) is 24.2 Å². The minimum Gasteiger partial charge on any atom is -0.454 e. The Morgan fingerprint density at radius 2 is 2.00 bits per heavy atom. The zero-order valence-electron chi connectivity index (χ0n) is 12.3. The highest BCUT2D eigenvalue weighted by Crippen LogP contribution is 2.32. The summed E-state index contributed by atoms with van der Waals surface area (Å²) >= 11 is 0. The van der Waals surface area contributed by atoms with Crippen molar-refractivity contribution in [1.29, 1.82) is 0 Å². The van der Waals surface area contributed by atoms with E-state index in [1.807, 2.05) is 19.1 Å². The van der Waals surface area contributed by atoms with Crippen molar-refractivity contribution in [2.45, 2.75) is 33.4 Å². The van der Waals surface area contributed by atoms with Crippen LogP contribution in [0.4, 0.5) is 0 Å². The number of nitrogens with zero attached hydrogens (tertiary/aromatic N) is 3. The fourth-order valence-corrected chi connectivity index (χ4v) is 2.27. The van der Waals surface area contributed by atoms with Crippen molar-refractivity contribution < 1.29 is 14.0 Å². The molecule has 0 fully saturated rings. The molecule has 112 valence electrons. The van der Waals surface area contributed by atoms with Crippen LogP contribution in [0.5, 0.6) is 11.5 Å². The topological polar surface area (TPSA) is 60.6 Å². The van der Waals surface area contributed by atoms with Crippen LogP contribution >= 0.6 is 0 Å². The Hall–Kier alpha value is -2.08. The molecule has 2 heterocycles. The molecule has 2 aromatic rings. The van der Waals surface area contributed by atoms with E-state index in [1.54, 1.807) is 0 Å². The summed E-state index contributed by atoms with van der Waals surface area (Å²) in [6, 6.07) is 6.03. The smallest absolute Gasteiger partial charge is 0.240 e. The number of fused-ring (bicyclic) bond motifs is 1. The summed E-state index contributed by atoms with van der Waals surface area (Å²) in [6.45, 7) is 6.79. The van der Waals surface area contributed by atoms with E-state index < -0.39 is 0 Å². The lowest BCUT2D eigenvalue weighted by molar-refractivity contribution is 0.174. The Balaban J connectivity index is 1.66. The van der Waals surface area contributed by atoms with Crippen molar-refractivity contribution in [1.82, 2.24) is 15.0 Å². The molecule has 0 saturated carbocycles.